The number of hydrogen-bond donors (Lipinski definition) is 1. The molecule has 1 saturated heterocycles. The summed E-state index contributed by atoms with van der Waals surface area (Å²) in [7, 11) is 0. The molecule has 0 saturated carbocycles. The molecule has 1 unspecified atom stereocenters. The van der Waals surface area contributed by atoms with Gasteiger partial charge >= 0.3 is 0 Å². The molecule has 1 heterocycles. The van der Waals surface area contributed by atoms with E-state index in [0.29, 0.717) is 17.1 Å². The molecule has 1 aliphatic heterocycles. The van der Waals surface area contributed by atoms with Gasteiger partial charge in [-0.15, -0.1) is 0 Å². The van der Waals surface area contributed by atoms with E-state index in [4.69, 9.17) is 11.6 Å². The zero-order valence-electron chi connectivity index (χ0n) is 10.4. The van der Waals surface area contributed by atoms with Crippen LogP contribution in [0.5, 0.6) is 0 Å². The van der Waals surface area contributed by atoms with Gasteiger partial charge in [-0.2, -0.15) is 0 Å². The van der Waals surface area contributed by atoms with E-state index in [9.17, 15) is 9.50 Å². The Morgan fingerprint density at radius 1 is 1.33 bits per heavy atom. The van der Waals surface area contributed by atoms with E-state index in [1.54, 1.807) is 12.1 Å². The SMILES string of the molecule is OCC1CCCCCN1Cc1ccc(Cl)cc1F. The van der Waals surface area contributed by atoms with Crippen molar-refractivity contribution in [2.45, 2.75) is 38.3 Å². The highest BCUT2D eigenvalue weighted by atomic mass is 35.5. The van der Waals surface area contributed by atoms with Crippen molar-refractivity contribution in [2.24, 2.45) is 0 Å². The molecule has 0 spiro atoms. The van der Waals surface area contributed by atoms with Gasteiger partial charge in [0.05, 0.1) is 6.61 Å². The average molecular weight is 272 g/mol. The molecule has 1 fully saturated rings. The van der Waals surface area contributed by atoms with Crippen LogP contribution in [0.15, 0.2) is 18.2 Å². The molecular weight excluding hydrogens is 253 g/mol. The molecule has 100 valence electrons. The van der Waals surface area contributed by atoms with Gasteiger partial charge in [-0.3, -0.25) is 4.90 Å². The summed E-state index contributed by atoms with van der Waals surface area (Å²) < 4.78 is 13.8. The van der Waals surface area contributed by atoms with Crippen LogP contribution in [-0.4, -0.2) is 29.2 Å². The zero-order chi connectivity index (χ0) is 13.0. The number of halogens is 2. The average Bonchev–Trinajstić information content (AvgIpc) is 2.57. The van der Waals surface area contributed by atoms with Crippen LogP contribution < -0.4 is 0 Å². The van der Waals surface area contributed by atoms with Crippen molar-refractivity contribution in [3.05, 3.63) is 34.6 Å². The van der Waals surface area contributed by atoms with Crippen molar-refractivity contribution in [2.75, 3.05) is 13.2 Å². The summed E-state index contributed by atoms with van der Waals surface area (Å²) in [5.74, 6) is -0.261. The fraction of sp³-hybridized carbons (Fsp3) is 0.571. The van der Waals surface area contributed by atoms with Crippen LogP contribution in [0.1, 0.15) is 31.2 Å². The summed E-state index contributed by atoms with van der Waals surface area (Å²) in [6.45, 7) is 1.62. The Morgan fingerprint density at radius 3 is 2.89 bits per heavy atom. The first-order valence-corrected chi connectivity index (χ1v) is 6.87. The van der Waals surface area contributed by atoms with Gasteiger partial charge in [0.2, 0.25) is 0 Å². The normalized spacial score (nSPS) is 21.8. The lowest BCUT2D eigenvalue weighted by Gasteiger charge is -2.28. The summed E-state index contributed by atoms with van der Waals surface area (Å²) in [6, 6.07) is 4.95. The molecular formula is C14H19ClFNO. The van der Waals surface area contributed by atoms with Crippen LogP contribution in [0.4, 0.5) is 4.39 Å². The molecule has 2 rings (SSSR count). The Morgan fingerprint density at radius 2 is 2.17 bits per heavy atom. The van der Waals surface area contributed by atoms with Crippen molar-refractivity contribution in [3.8, 4) is 0 Å². The van der Waals surface area contributed by atoms with Gasteiger partial charge in [0.25, 0.3) is 0 Å². The van der Waals surface area contributed by atoms with Gasteiger partial charge in [-0.05, 0) is 31.5 Å². The maximum Gasteiger partial charge on any atom is 0.129 e. The van der Waals surface area contributed by atoms with Gasteiger partial charge in [0, 0.05) is 23.2 Å². The Balaban J connectivity index is 2.10. The van der Waals surface area contributed by atoms with Gasteiger partial charge < -0.3 is 5.11 Å². The summed E-state index contributed by atoms with van der Waals surface area (Å²) in [6.07, 6.45) is 4.44. The number of benzene rings is 1. The summed E-state index contributed by atoms with van der Waals surface area (Å²) >= 11 is 5.75. The number of rotatable bonds is 3. The Bertz CT molecular complexity index is 399. The molecule has 1 aromatic carbocycles. The van der Waals surface area contributed by atoms with E-state index in [-0.39, 0.29) is 18.5 Å². The molecule has 0 radical (unpaired) electrons. The van der Waals surface area contributed by atoms with Crippen molar-refractivity contribution in [3.63, 3.8) is 0 Å². The first kappa shape index (κ1) is 13.8. The minimum atomic E-state index is -0.261. The second-order valence-corrected chi connectivity index (χ2v) is 5.33. The Hall–Kier alpha value is -0.640. The highest BCUT2D eigenvalue weighted by Gasteiger charge is 2.21. The molecule has 1 N–H and O–H groups in total. The number of nitrogens with zero attached hydrogens (tertiary/aromatic N) is 1. The van der Waals surface area contributed by atoms with E-state index in [1.165, 1.54) is 12.5 Å². The van der Waals surface area contributed by atoms with Gasteiger partial charge in [0.1, 0.15) is 5.82 Å². The summed E-state index contributed by atoms with van der Waals surface area (Å²) in [5, 5.41) is 9.84. The van der Waals surface area contributed by atoms with E-state index in [2.05, 4.69) is 4.90 Å². The molecule has 0 aliphatic carbocycles. The third kappa shape index (κ3) is 3.44. The van der Waals surface area contributed by atoms with Crippen LogP contribution in [-0.2, 0) is 6.54 Å². The van der Waals surface area contributed by atoms with E-state index in [0.717, 1.165) is 25.8 Å². The quantitative estimate of drug-likeness (QED) is 0.912. The molecule has 4 heteroatoms. The molecule has 1 aliphatic rings. The zero-order valence-corrected chi connectivity index (χ0v) is 11.2. The van der Waals surface area contributed by atoms with Crippen molar-refractivity contribution < 1.29 is 9.50 Å². The molecule has 0 aromatic heterocycles. The van der Waals surface area contributed by atoms with Crippen molar-refractivity contribution >= 4 is 11.6 Å². The van der Waals surface area contributed by atoms with Crippen molar-refractivity contribution in [1.82, 2.24) is 4.90 Å². The van der Waals surface area contributed by atoms with Crippen LogP contribution in [0, 0.1) is 5.82 Å². The number of hydrogen-bond acceptors (Lipinski definition) is 2. The predicted molar refractivity (Wildman–Crippen MR) is 71.2 cm³/mol. The fourth-order valence-electron chi connectivity index (χ4n) is 2.52. The minimum absolute atomic E-state index is 0.148. The highest BCUT2D eigenvalue weighted by molar-refractivity contribution is 6.30. The van der Waals surface area contributed by atoms with E-state index < -0.39 is 0 Å². The second kappa shape index (κ2) is 6.50. The number of aliphatic hydroxyl groups excluding tert-OH is 1. The molecule has 0 amide bonds. The third-order valence-corrected chi connectivity index (χ3v) is 3.83. The maximum atomic E-state index is 13.8. The second-order valence-electron chi connectivity index (χ2n) is 4.89. The Kier molecular flexibility index (Phi) is 4.98. The highest BCUT2D eigenvalue weighted by Crippen LogP contribution is 2.21. The predicted octanol–water partition coefficient (Wildman–Crippen LogP) is 3.22. The molecule has 1 aromatic rings. The topological polar surface area (TPSA) is 23.5 Å². The largest absolute Gasteiger partial charge is 0.395 e. The maximum absolute atomic E-state index is 13.8. The van der Waals surface area contributed by atoms with Gasteiger partial charge in [-0.1, -0.05) is 30.5 Å². The minimum Gasteiger partial charge on any atom is -0.395 e. The lowest BCUT2D eigenvalue weighted by atomic mass is 10.1. The van der Waals surface area contributed by atoms with Crippen molar-refractivity contribution in [1.29, 1.82) is 0 Å². The monoisotopic (exact) mass is 271 g/mol. The molecule has 18 heavy (non-hydrogen) atoms. The number of likely N-dealkylation sites (tertiary alicyclic amines) is 1. The van der Waals surface area contributed by atoms with Crippen LogP contribution in [0.25, 0.3) is 0 Å². The van der Waals surface area contributed by atoms with Crippen LogP contribution in [0.2, 0.25) is 5.02 Å². The smallest absolute Gasteiger partial charge is 0.129 e. The van der Waals surface area contributed by atoms with Crippen LogP contribution >= 0.6 is 11.6 Å². The molecule has 0 bridgehead atoms. The molecule has 1 atom stereocenters. The fourth-order valence-corrected chi connectivity index (χ4v) is 2.68. The van der Waals surface area contributed by atoms with Crippen LogP contribution in [0.3, 0.4) is 0 Å². The Labute approximate surface area is 112 Å². The van der Waals surface area contributed by atoms with Gasteiger partial charge in [-0.25, -0.2) is 4.39 Å². The van der Waals surface area contributed by atoms with E-state index in [1.807, 2.05) is 0 Å². The third-order valence-electron chi connectivity index (χ3n) is 3.60. The summed E-state index contributed by atoms with van der Waals surface area (Å²) in [4.78, 5) is 2.18. The van der Waals surface area contributed by atoms with Gasteiger partial charge in [0.15, 0.2) is 0 Å². The molecule has 2 nitrogen and oxygen atoms in total. The first-order valence-electron chi connectivity index (χ1n) is 6.49. The standard InChI is InChI=1S/C14H19ClFNO/c15-12-6-5-11(14(16)8-12)9-17-7-3-1-2-4-13(17)10-18/h5-6,8,13,18H,1-4,7,9-10H2. The summed E-state index contributed by atoms with van der Waals surface area (Å²) in [5.41, 5.74) is 0.653. The lowest BCUT2D eigenvalue weighted by Crippen LogP contribution is -2.37. The number of aliphatic hydroxyl groups is 1. The first-order chi connectivity index (χ1) is 8.70. The lowest BCUT2D eigenvalue weighted by molar-refractivity contribution is 0.117. The van der Waals surface area contributed by atoms with E-state index >= 15 is 0 Å².